The maximum atomic E-state index is 9.73. The number of aliphatic hydroxyl groups is 2. The van der Waals surface area contributed by atoms with E-state index in [0.717, 1.165) is 40.3 Å². The van der Waals surface area contributed by atoms with Gasteiger partial charge < -0.3 is 40.2 Å². The molecule has 220 valence electrons. The summed E-state index contributed by atoms with van der Waals surface area (Å²) < 4.78 is 4.27. The Labute approximate surface area is 233 Å². The number of carboxylic acids is 2. The Bertz CT molecular complexity index is 1200. The number of para-hydroxylation sites is 4. The molecule has 2 aromatic heterocycles. The third-order valence-corrected chi connectivity index (χ3v) is 5.33. The standard InChI is InChI=1S/C18H19N5.C4H7NO4.C3H9N.C2H6O2/c1-22-15-9-5-3-7-13(15)20-17(22)11-19-12-18-21-14-8-4-6-10-16(14)23(18)2;6-3(7)1-5-2-4(8)9;1-3-4-2;3-1-2-4/h3-10,19H,11-12H2,1-2H3;5H,1-2H2,(H,6,7)(H,8,9);4H,3H2,1-2H3;3-4H,1-2H2. The van der Waals surface area contributed by atoms with Crippen molar-refractivity contribution in [3.8, 4) is 0 Å². The van der Waals surface area contributed by atoms with E-state index in [2.05, 4.69) is 68.2 Å². The minimum atomic E-state index is -1.06. The lowest BCUT2D eigenvalue weighted by Crippen LogP contribution is -2.27. The number of imidazole rings is 2. The Morgan fingerprint density at radius 2 is 1.12 bits per heavy atom. The summed E-state index contributed by atoms with van der Waals surface area (Å²) in [7, 11) is 6.04. The van der Waals surface area contributed by atoms with E-state index in [1.807, 2.05) is 43.4 Å². The first-order chi connectivity index (χ1) is 19.2. The zero-order chi connectivity index (χ0) is 29.9. The van der Waals surface area contributed by atoms with Crippen molar-refractivity contribution in [2.75, 3.05) is 39.9 Å². The molecule has 2 heterocycles. The van der Waals surface area contributed by atoms with E-state index in [1.54, 1.807) is 0 Å². The molecule has 0 aliphatic heterocycles. The van der Waals surface area contributed by atoms with Crippen molar-refractivity contribution >= 4 is 34.0 Å². The lowest BCUT2D eigenvalue weighted by atomic mass is 10.3. The predicted molar refractivity (Wildman–Crippen MR) is 154 cm³/mol. The highest BCUT2D eigenvalue weighted by atomic mass is 16.4. The summed E-state index contributed by atoms with van der Waals surface area (Å²) in [6.07, 6.45) is 0. The molecule has 0 saturated heterocycles. The minimum Gasteiger partial charge on any atom is -0.480 e. The summed E-state index contributed by atoms with van der Waals surface area (Å²) in [6, 6.07) is 16.4. The van der Waals surface area contributed by atoms with Gasteiger partial charge in [-0.05, 0) is 37.9 Å². The molecular weight excluding hydrogens is 518 g/mol. The third-order valence-electron chi connectivity index (χ3n) is 5.33. The second kappa shape index (κ2) is 19.2. The number of aryl methyl sites for hydroxylation is 2. The molecule has 0 amide bonds. The van der Waals surface area contributed by atoms with Crippen molar-refractivity contribution in [3.05, 3.63) is 60.2 Å². The summed E-state index contributed by atoms with van der Waals surface area (Å²) in [5, 5.41) is 39.8. The highest BCUT2D eigenvalue weighted by molar-refractivity contribution is 5.76. The van der Waals surface area contributed by atoms with Crippen LogP contribution in [0.15, 0.2) is 48.5 Å². The number of benzene rings is 2. The maximum absolute atomic E-state index is 9.73. The van der Waals surface area contributed by atoms with Gasteiger partial charge in [0.1, 0.15) is 11.6 Å². The molecule has 0 aliphatic carbocycles. The monoisotopic (exact) mass is 559 g/mol. The number of rotatable bonds is 10. The van der Waals surface area contributed by atoms with E-state index in [1.165, 1.54) is 0 Å². The third kappa shape index (κ3) is 11.9. The van der Waals surface area contributed by atoms with E-state index < -0.39 is 11.9 Å². The van der Waals surface area contributed by atoms with Crippen LogP contribution in [0.4, 0.5) is 0 Å². The molecule has 0 saturated carbocycles. The fourth-order valence-electron chi connectivity index (χ4n) is 3.27. The van der Waals surface area contributed by atoms with Crippen LogP contribution in [0.25, 0.3) is 22.1 Å². The van der Waals surface area contributed by atoms with E-state index in [4.69, 9.17) is 20.4 Å². The Balaban J connectivity index is 0.000000391. The molecule has 0 fully saturated rings. The highest BCUT2D eigenvalue weighted by Crippen LogP contribution is 2.15. The molecule has 2 aromatic carbocycles. The highest BCUT2D eigenvalue weighted by Gasteiger charge is 2.09. The van der Waals surface area contributed by atoms with E-state index >= 15 is 0 Å². The number of hydrogen-bond donors (Lipinski definition) is 7. The van der Waals surface area contributed by atoms with E-state index in [9.17, 15) is 9.59 Å². The molecule has 4 aromatic rings. The van der Waals surface area contributed by atoms with Gasteiger partial charge in [-0.25, -0.2) is 9.97 Å². The Morgan fingerprint density at radius 3 is 1.43 bits per heavy atom. The molecule has 13 heteroatoms. The molecule has 0 atom stereocenters. The number of carbonyl (C=O) groups is 2. The molecule has 40 heavy (non-hydrogen) atoms. The van der Waals surface area contributed by atoms with Crippen LogP contribution >= 0.6 is 0 Å². The quantitative estimate of drug-likeness (QED) is 0.145. The summed E-state index contributed by atoms with van der Waals surface area (Å²) >= 11 is 0. The first-order valence-corrected chi connectivity index (χ1v) is 12.7. The van der Waals surface area contributed by atoms with Crippen molar-refractivity contribution < 1.29 is 30.0 Å². The zero-order valence-electron chi connectivity index (χ0n) is 23.5. The number of nitrogens with zero attached hydrogens (tertiary/aromatic N) is 4. The van der Waals surface area contributed by atoms with Crippen molar-refractivity contribution in [1.82, 2.24) is 35.1 Å². The molecule has 0 unspecified atom stereocenters. The van der Waals surface area contributed by atoms with Gasteiger partial charge >= 0.3 is 11.9 Å². The van der Waals surface area contributed by atoms with Gasteiger partial charge in [-0.3, -0.25) is 14.9 Å². The zero-order valence-corrected chi connectivity index (χ0v) is 23.5. The average molecular weight is 560 g/mol. The summed E-state index contributed by atoms with van der Waals surface area (Å²) in [6.45, 7) is 3.70. The molecule has 13 nitrogen and oxygen atoms in total. The van der Waals surface area contributed by atoms with Gasteiger partial charge in [0.15, 0.2) is 0 Å². The van der Waals surface area contributed by atoms with Gasteiger partial charge in [0, 0.05) is 14.1 Å². The second-order valence-corrected chi connectivity index (χ2v) is 8.30. The molecule has 0 aliphatic rings. The number of nitrogens with one attached hydrogen (secondary N) is 3. The Morgan fingerprint density at radius 1 is 0.750 bits per heavy atom. The first kappa shape index (κ1) is 34.1. The smallest absolute Gasteiger partial charge is 0.317 e. The van der Waals surface area contributed by atoms with Gasteiger partial charge in [-0.15, -0.1) is 0 Å². The molecule has 0 radical (unpaired) electrons. The van der Waals surface area contributed by atoms with Crippen LogP contribution in [0.3, 0.4) is 0 Å². The number of carboxylic acid groups (broad SMARTS) is 2. The van der Waals surface area contributed by atoms with Crippen LogP contribution in [0.5, 0.6) is 0 Å². The molecular formula is C27H41N7O6. The minimum absolute atomic E-state index is 0.125. The largest absolute Gasteiger partial charge is 0.480 e. The second-order valence-electron chi connectivity index (χ2n) is 8.30. The number of aliphatic hydroxyl groups excluding tert-OH is 2. The maximum Gasteiger partial charge on any atom is 0.317 e. The van der Waals surface area contributed by atoms with Gasteiger partial charge in [0.25, 0.3) is 0 Å². The topological polar surface area (TPSA) is 187 Å². The van der Waals surface area contributed by atoms with Crippen LogP contribution in [0.2, 0.25) is 0 Å². The van der Waals surface area contributed by atoms with Crippen LogP contribution in [-0.4, -0.2) is 91.4 Å². The van der Waals surface area contributed by atoms with Crippen LogP contribution < -0.4 is 16.0 Å². The summed E-state index contributed by atoms with van der Waals surface area (Å²) in [5.74, 6) is -0.0533. The Hall–Kier alpha value is -3.88. The normalized spacial score (nSPS) is 10.2. The van der Waals surface area contributed by atoms with Crippen molar-refractivity contribution in [2.45, 2.75) is 20.0 Å². The van der Waals surface area contributed by atoms with Crippen molar-refractivity contribution in [2.24, 2.45) is 14.1 Å². The number of hydrogen-bond acceptors (Lipinski definition) is 9. The molecule has 0 spiro atoms. The van der Waals surface area contributed by atoms with Gasteiger partial charge in [0.2, 0.25) is 0 Å². The van der Waals surface area contributed by atoms with Crippen molar-refractivity contribution in [1.29, 1.82) is 0 Å². The number of aromatic nitrogens is 4. The average Bonchev–Trinajstić information content (AvgIpc) is 3.45. The molecule has 4 rings (SSSR count). The van der Waals surface area contributed by atoms with E-state index in [-0.39, 0.29) is 26.3 Å². The SMILES string of the molecule is CCNC.Cn1c(CNCc2nc3ccccc3n2C)nc2ccccc21.O=C(O)CNCC(=O)O.OCCO. The summed E-state index contributed by atoms with van der Waals surface area (Å²) in [5.41, 5.74) is 4.39. The first-order valence-electron chi connectivity index (χ1n) is 12.7. The number of aliphatic carboxylic acids is 2. The van der Waals surface area contributed by atoms with Gasteiger partial charge in [-0.2, -0.15) is 0 Å². The Kier molecular flexibility index (Phi) is 16.4. The number of fused-ring (bicyclic) bond motifs is 2. The fraction of sp³-hybridized carbons (Fsp3) is 0.407. The predicted octanol–water partition coefficient (Wildman–Crippen LogP) is 0.692. The molecule has 0 bridgehead atoms. The molecule has 7 N–H and O–H groups in total. The van der Waals surface area contributed by atoms with Crippen LogP contribution in [-0.2, 0) is 36.8 Å². The van der Waals surface area contributed by atoms with Crippen molar-refractivity contribution in [3.63, 3.8) is 0 Å². The lowest BCUT2D eigenvalue weighted by molar-refractivity contribution is -0.137. The van der Waals surface area contributed by atoms with Gasteiger partial charge in [-0.1, -0.05) is 31.2 Å². The van der Waals surface area contributed by atoms with E-state index in [0.29, 0.717) is 13.1 Å². The van der Waals surface area contributed by atoms with Crippen LogP contribution in [0, 0.1) is 0 Å². The fourth-order valence-corrected chi connectivity index (χ4v) is 3.27. The van der Waals surface area contributed by atoms with Gasteiger partial charge in [0.05, 0.1) is 61.5 Å². The summed E-state index contributed by atoms with van der Waals surface area (Å²) in [4.78, 5) is 28.8. The van der Waals surface area contributed by atoms with Crippen LogP contribution in [0.1, 0.15) is 18.6 Å². The lowest BCUT2D eigenvalue weighted by Gasteiger charge is -2.06.